The highest BCUT2D eigenvalue weighted by molar-refractivity contribution is 6.24. The van der Waals surface area contributed by atoms with Gasteiger partial charge in [-0.05, 0) is 6.07 Å². The van der Waals surface area contributed by atoms with E-state index < -0.39 is 0 Å². The molecule has 0 bridgehead atoms. The molecule has 20 heavy (non-hydrogen) atoms. The Morgan fingerprint density at radius 3 is 2.60 bits per heavy atom. The summed E-state index contributed by atoms with van der Waals surface area (Å²) >= 11 is 0. The number of carbonyl (C=O) groups excluding carboxylic acids is 1. The molecule has 0 spiro atoms. The number of methoxy groups -OCH3 is 1. The van der Waals surface area contributed by atoms with Crippen LogP contribution in [0.15, 0.2) is 42.7 Å². The van der Waals surface area contributed by atoms with Crippen molar-refractivity contribution in [1.29, 1.82) is 0 Å². The molecule has 3 aromatic rings. The number of hydrogen-bond donors (Lipinski definition) is 0. The number of ketones is 1. The van der Waals surface area contributed by atoms with Crippen molar-refractivity contribution < 1.29 is 9.53 Å². The van der Waals surface area contributed by atoms with Gasteiger partial charge in [-0.1, -0.05) is 24.3 Å². The van der Waals surface area contributed by atoms with Crippen LogP contribution in [0.25, 0.3) is 22.0 Å². The van der Waals surface area contributed by atoms with E-state index in [2.05, 4.69) is 9.97 Å². The zero-order valence-corrected chi connectivity index (χ0v) is 10.8. The Bertz CT molecular complexity index is 871. The summed E-state index contributed by atoms with van der Waals surface area (Å²) in [6, 6.07) is 9.34. The number of benzene rings is 1. The first-order valence-electron chi connectivity index (χ1n) is 6.27. The fourth-order valence-corrected chi connectivity index (χ4v) is 2.72. The Hall–Kier alpha value is -2.75. The fourth-order valence-electron chi connectivity index (χ4n) is 2.72. The first-order valence-corrected chi connectivity index (χ1v) is 6.27. The SMILES string of the molecule is COc1cnc2c3c(nccc13)C(=O)c1ccccc1-2. The molecule has 0 aliphatic heterocycles. The fraction of sp³-hybridized carbons (Fsp3) is 0.0625. The number of hydrogen-bond acceptors (Lipinski definition) is 4. The number of fused-ring (bicyclic) bond motifs is 2. The van der Waals surface area contributed by atoms with Crippen molar-refractivity contribution in [2.45, 2.75) is 0 Å². The Labute approximate surface area is 115 Å². The Morgan fingerprint density at radius 2 is 1.80 bits per heavy atom. The van der Waals surface area contributed by atoms with Crippen LogP contribution in [0.5, 0.6) is 5.75 Å². The predicted octanol–water partition coefficient (Wildman–Crippen LogP) is 2.85. The second kappa shape index (κ2) is 3.87. The molecule has 0 amide bonds. The Balaban J connectivity index is 2.23. The molecule has 0 radical (unpaired) electrons. The molecule has 4 rings (SSSR count). The van der Waals surface area contributed by atoms with Gasteiger partial charge in [0.25, 0.3) is 0 Å². The predicted molar refractivity (Wildman–Crippen MR) is 75.0 cm³/mol. The minimum absolute atomic E-state index is 0.0613. The second-order valence-corrected chi connectivity index (χ2v) is 4.63. The van der Waals surface area contributed by atoms with E-state index in [1.807, 2.05) is 30.3 Å². The minimum Gasteiger partial charge on any atom is -0.494 e. The monoisotopic (exact) mass is 262 g/mol. The average Bonchev–Trinajstić information content (AvgIpc) is 2.52. The molecule has 4 heteroatoms. The summed E-state index contributed by atoms with van der Waals surface area (Å²) in [5, 5.41) is 1.64. The zero-order valence-electron chi connectivity index (χ0n) is 10.8. The lowest BCUT2D eigenvalue weighted by Gasteiger charge is -2.18. The average molecular weight is 262 g/mol. The lowest BCUT2D eigenvalue weighted by atomic mass is 9.88. The van der Waals surface area contributed by atoms with E-state index in [9.17, 15) is 4.79 Å². The molecule has 0 saturated carbocycles. The maximum atomic E-state index is 12.6. The first-order chi connectivity index (χ1) is 9.81. The summed E-state index contributed by atoms with van der Waals surface area (Å²) in [4.78, 5) is 21.3. The van der Waals surface area contributed by atoms with Crippen molar-refractivity contribution in [3.05, 3.63) is 54.0 Å². The third kappa shape index (κ3) is 1.28. The van der Waals surface area contributed by atoms with Crippen LogP contribution in [-0.2, 0) is 0 Å². The quantitative estimate of drug-likeness (QED) is 0.529. The van der Waals surface area contributed by atoms with Crippen molar-refractivity contribution in [2.24, 2.45) is 0 Å². The van der Waals surface area contributed by atoms with Crippen LogP contribution in [0.4, 0.5) is 0 Å². The molecule has 4 nitrogen and oxygen atoms in total. The normalized spacial score (nSPS) is 12.3. The molecule has 96 valence electrons. The van der Waals surface area contributed by atoms with Crippen LogP contribution in [0.2, 0.25) is 0 Å². The third-order valence-corrected chi connectivity index (χ3v) is 3.63. The molecule has 0 unspecified atom stereocenters. The van der Waals surface area contributed by atoms with Gasteiger partial charge in [0.2, 0.25) is 5.78 Å². The second-order valence-electron chi connectivity index (χ2n) is 4.63. The standard InChI is InChI=1S/C16H10N2O2/c1-20-12-8-18-14-9-4-2-3-5-10(9)16(19)15-13(14)11(12)6-7-17-15/h2-8H,1H3. The van der Waals surface area contributed by atoms with E-state index in [1.165, 1.54) is 0 Å². The van der Waals surface area contributed by atoms with Crippen LogP contribution in [-0.4, -0.2) is 22.9 Å². The first kappa shape index (κ1) is 11.1. The van der Waals surface area contributed by atoms with Gasteiger partial charge in [0.05, 0.1) is 19.0 Å². The number of rotatable bonds is 1. The van der Waals surface area contributed by atoms with Crippen LogP contribution < -0.4 is 4.74 Å². The highest BCUT2D eigenvalue weighted by atomic mass is 16.5. The van der Waals surface area contributed by atoms with E-state index >= 15 is 0 Å². The van der Waals surface area contributed by atoms with Crippen LogP contribution >= 0.6 is 0 Å². The maximum absolute atomic E-state index is 12.6. The lowest BCUT2D eigenvalue weighted by molar-refractivity contribution is 0.103. The van der Waals surface area contributed by atoms with Gasteiger partial charge in [-0.3, -0.25) is 14.8 Å². The van der Waals surface area contributed by atoms with Crippen molar-refractivity contribution in [2.75, 3.05) is 7.11 Å². The van der Waals surface area contributed by atoms with E-state index in [-0.39, 0.29) is 5.78 Å². The summed E-state index contributed by atoms with van der Waals surface area (Å²) in [6.45, 7) is 0. The number of carbonyl (C=O) groups is 1. The smallest absolute Gasteiger partial charge is 0.212 e. The minimum atomic E-state index is -0.0613. The van der Waals surface area contributed by atoms with Gasteiger partial charge >= 0.3 is 0 Å². The van der Waals surface area contributed by atoms with Crippen LogP contribution in [0.3, 0.4) is 0 Å². The van der Waals surface area contributed by atoms with Crippen molar-refractivity contribution in [3.63, 3.8) is 0 Å². The Morgan fingerprint density at radius 1 is 1.00 bits per heavy atom. The molecule has 2 aromatic heterocycles. The molecule has 0 saturated heterocycles. The molecule has 1 aliphatic carbocycles. The maximum Gasteiger partial charge on any atom is 0.212 e. The van der Waals surface area contributed by atoms with Crippen molar-refractivity contribution in [3.8, 4) is 17.0 Å². The van der Waals surface area contributed by atoms with Crippen LogP contribution in [0.1, 0.15) is 16.1 Å². The van der Waals surface area contributed by atoms with E-state index in [0.29, 0.717) is 17.0 Å². The zero-order chi connectivity index (χ0) is 13.7. The van der Waals surface area contributed by atoms with Gasteiger partial charge < -0.3 is 4.74 Å². The molecule has 0 N–H and O–H groups in total. The van der Waals surface area contributed by atoms with Gasteiger partial charge in [0.1, 0.15) is 11.4 Å². The van der Waals surface area contributed by atoms with E-state index in [1.54, 1.807) is 19.5 Å². The van der Waals surface area contributed by atoms with Gasteiger partial charge in [0, 0.05) is 28.1 Å². The Kier molecular flexibility index (Phi) is 2.15. The van der Waals surface area contributed by atoms with Crippen LogP contribution in [0, 0.1) is 0 Å². The summed E-state index contributed by atoms with van der Waals surface area (Å²) in [7, 11) is 1.60. The van der Waals surface area contributed by atoms with E-state index in [0.717, 1.165) is 22.0 Å². The molecule has 2 heterocycles. The molecule has 1 aliphatic rings. The van der Waals surface area contributed by atoms with E-state index in [4.69, 9.17) is 4.74 Å². The lowest BCUT2D eigenvalue weighted by Crippen LogP contribution is -2.12. The molecule has 0 atom stereocenters. The molecule has 1 aromatic carbocycles. The van der Waals surface area contributed by atoms with Crippen molar-refractivity contribution >= 4 is 16.6 Å². The highest BCUT2D eigenvalue weighted by Crippen LogP contribution is 2.39. The summed E-state index contributed by atoms with van der Waals surface area (Å²) in [6.07, 6.45) is 3.32. The van der Waals surface area contributed by atoms with Gasteiger partial charge in [0.15, 0.2) is 0 Å². The third-order valence-electron chi connectivity index (χ3n) is 3.63. The molecular weight excluding hydrogens is 252 g/mol. The number of aromatic nitrogens is 2. The summed E-state index contributed by atoms with van der Waals surface area (Å²) < 4.78 is 5.33. The topological polar surface area (TPSA) is 52.1 Å². The highest BCUT2D eigenvalue weighted by Gasteiger charge is 2.27. The summed E-state index contributed by atoms with van der Waals surface area (Å²) in [5.41, 5.74) is 2.74. The van der Waals surface area contributed by atoms with Gasteiger partial charge in [-0.15, -0.1) is 0 Å². The number of ether oxygens (including phenoxy) is 1. The largest absolute Gasteiger partial charge is 0.494 e. The molecule has 0 fully saturated rings. The summed E-state index contributed by atoms with van der Waals surface area (Å²) in [5.74, 6) is 0.591. The number of pyridine rings is 2. The molecular formula is C16H10N2O2. The van der Waals surface area contributed by atoms with Gasteiger partial charge in [-0.2, -0.15) is 0 Å². The van der Waals surface area contributed by atoms with Gasteiger partial charge in [-0.25, -0.2) is 0 Å². The number of nitrogens with zero attached hydrogens (tertiary/aromatic N) is 2. The van der Waals surface area contributed by atoms with Crippen molar-refractivity contribution in [1.82, 2.24) is 9.97 Å².